The predicted molar refractivity (Wildman–Crippen MR) is 226 cm³/mol. The number of para-hydroxylation sites is 2. The number of nitrogens with zero attached hydrogens (tertiary/aromatic N) is 2. The van der Waals surface area contributed by atoms with Crippen molar-refractivity contribution in [2.45, 2.75) is 0 Å². The molecular formula is C48H28N2S2. The normalized spacial score (nSPS) is 12.2. The molecule has 4 heteroatoms. The maximum absolute atomic E-state index is 2.47. The summed E-state index contributed by atoms with van der Waals surface area (Å²) in [5.41, 5.74) is 9.79. The summed E-state index contributed by atoms with van der Waals surface area (Å²) in [5.74, 6) is 0. The molecule has 0 spiro atoms. The lowest BCUT2D eigenvalue weighted by molar-refractivity contribution is 1.18. The van der Waals surface area contributed by atoms with Gasteiger partial charge in [-0.05, 0) is 71.8 Å². The highest BCUT2D eigenvalue weighted by Crippen LogP contribution is 2.45. The molecule has 12 aromatic rings. The monoisotopic (exact) mass is 696 g/mol. The lowest BCUT2D eigenvalue weighted by Crippen LogP contribution is -1.95. The lowest BCUT2D eigenvalue weighted by atomic mass is 10.0. The Morgan fingerprint density at radius 3 is 1.12 bits per heavy atom. The first-order valence-corrected chi connectivity index (χ1v) is 19.3. The maximum Gasteiger partial charge on any atom is 0.0634 e. The minimum Gasteiger partial charge on any atom is -0.309 e. The fourth-order valence-electron chi connectivity index (χ4n) is 8.67. The Kier molecular flexibility index (Phi) is 5.84. The molecular weight excluding hydrogens is 669 g/mol. The van der Waals surface area contributed by atoms with Crippen molar-refractivity contribution in [2.24, 2.45) is 0 Å². The molecule has 4 aromatic heterocycles. The minimum absolute atomic E-state index is 1.17. The van der Waals surface area contributed by atoms with Crippen molar-refractivity contribution >= 4 is 107 Å². The summed E-state index contributed by atoms with van der Waals surface area (Å²) in [6.07, 6.45) is 0. The average Bonchev–Trinajstić information content (AvgIpc) is 3.95. The van der Waals surface area contributed by atoms with Gasteiger partial charge >= 0.3 is 0 Å². The Bertz CT molecular complexity index is 3160. The van der Waals surface area contributed by atoms with Crippen molar-refractivity contribution in [1.82, 2.24) is 9.13 Å². The van der Waals surface area contributed by atoms with Gasteiger partial charge < -0.3 is 9.13 Å². The van der Waals surface area contributed by atoms with Crippen molar-refractivity contribution in [2.75, 3.05) is 0 Å². The quantitative estimate of drug-likeness (QED) is 0.174. The number of fused-ring (bicyclic) bond motifs is 14. The predicted octanol–water partition coefficient (Wildman–Crippen LogP) is 14.3. The van der Waals surface area contributed by atoms with E-state index in [1.165, 1.54) is 106 Å². The lowest BCUT2D eigenvalue weighted by Gasteiger charge is -2.12. The van der Waals surface area contributed by atoms with Gasteiger partial charge in [0.15, 0.2) is 0 Å². The molecule has 0 aliphatic carbocycles. The molecule has 0 saturated carbocycles. The molecule has 52 heavy (non-hydrogen) atoms. The second-order valence-corrected chi connectivity index (χ2v) is 15.8. The van der Waals surface area contributed by atoms with E-state index >= 15 is 0 Å². The molecule has 2 nitrogen and oxygen atoms in total. The standard InChI is InChI=1S/C48H28N2S2/c1-5-13-39-33(9-1)35-25-27-43-45(37-11-3-7-15-41(37)51-43)47(35)49(39)31-21-17-29(18-22-31)30-19-23-32(24-20-30)50-40-14-6-2-10-34(40)36-26-28-44-46(48(36)50)38-12-4-8-16-42(38)52-44/h1-28H. The molecule has 242 valence electrons. The van der Waals surface area contributed by atoms with E-state index in [1.807, 2.05) is 22.7 Å². The first-order chi connectivity index (χ1) is 25.8. The van der Waals surface area contributed by atoms with E-state index in [9.17, 15) is 0 Å². The zero-order chi connectivity index (χ0) is 33.9. The summed E-state index contributed by atoms with van der Waals surface area (Å²) in [6, 6.07) is 62.7. The van der Waals surface area contributed by atoms with Gasteiger partial charge in [-0.2, -0.15) is 0 Å². The van der Waals surface area contributed by atoms with E-state index < -0.39 is 0 Å². The summed E-state index contributed by atoms with van der Waals surface area (Å²) in [6.45, 7) is 0. The molecule has 4 heterocycles. The van der Waals surface area contributed by atoms with Gasteiger partial charge in [0, 0.05) is 73.3 Å². The SMILES string of the molecule is c1ccc2c(c1)sc1ccc3c4ccccc4n(-c4ccc(-c5ccc(-n6c7ccccc7c7ccc8sc9ccccc9c8c76)cc5)cc4)c3c12. The van der Waals surface area contributed by atoms with Crippen LogP contribution in [0.1, 0.15) is 0 Å². The van der Waals surface area contributed by atoms with Crippen LogP contribution in [0.3, 0.4) is 0 Å². The Morgan fingerprint density at radius 2 is 0.673 bits per heavy atom. The van der Waals surface area contributed by atoms with Gasteiger partial charge in [0.05, 0.1) is 22.1 Å². The Hall–Kier alpha value is -6.20. The van der Waals surface area contributed by atoms with E-state index in [2.05, 4.69) is 179 Å². The third kappa shape index (κ3) is 3.88. The molecule has 0 unspecified atom stereocenters. The van der Waals surface area contributed by atoms with Crippen LogP contribution < -0.4 is 0 Å². The van der Waals surface area contributed by atoms with Crippen molar-refractivity contribution < 1.29 is 0 Å². The van der Waals surface area contributed by atoms with Crippen molar-refractivity contribution in [1.29, 1.82) is 0 Å². The molecule has 0 saturated heterocycles. The van der Waals surface area contributed by atoms with E-state index in [1.54, 1.807) is 0 Å². The second kappa shape index (κ2) is 10.7. The summed E-state index contributed by atoms with van der Waals surface area (Å²) in [5, 5.41) is 10.5. The molecule has 0 N–H and O–H groups in total. The van der Waals surface area contributed by atoms with Crippen LogP contribution in [0.15, 0.2) is 170 Å². The zero-order valence-electron chi connectivity index (χ0n) is 27.9. The molecule has 0 bridgehead atoms. The number of rotatable bonds is 3. The third-order valence-corrected chi connectivity index (χ3v) is 13.2. The van der Waals surface area contributed by atoms with Gasteiger partial charge in [-0.25, -0.2) is 0 Å². The first-order valence-electron chi connectivity index (χ1n) is 17.7. The minimum atomic E-state index is 1.17. The molecule has 0 aliphatic heterocycles. The number of aromatic nitrogens is 2. The average molecular weight is 697 g/mol. The Morgan fingerprint density at radius 1 is 0.288 bits per heavy atom. The van der Waals surface area contributed by atoms with Crippen molar-refractivity contribution in [3.63, 3.8) is 0 Å². The zero-order valence-corrected chi connectivity index (χ0v) is 29.5. The van der Waals surface area contributed by atoms with Crippen LogP contribution in [0.25, 0.3) is 106 Å². The largest absolute Gasteiger partial charge is 0.309 e. The molecule has 8 aromatic carbocycles. The highest BCUT2D eigenvalue weighted by atomic mass is 32.1. The summed E-state index contributed by atoms with van der Waals surface area (Å²) < 4.78 is 10.2. The van der Waals surface area contributed by atoms with Gasteiger partial charge in [0.1, 0.15) is 0 Å². The summed E-state index contributed by atoms with van der Waals surface area (Å²) >= 11 is 3.76. The first kappa shape index (κ1) is 28.5. The van der Waals surface area contributed by atoms with Crippen molar-refractivity contribution in [3.8, 4) is 22.5 Å². The number of hydrogen-bond acceptors (Lipinski definition) is 2. The van der Waals surface area contributed by atoms with E-state index in [-0.39, 0.29) is 0 Å². The fraction of sp³-hybridized carbons (Fsp3) is 0. The van der Waals surface area contributed by atoms with Crippen molar-refractivity contribution in [3.05, 3.63) is 170 Å². The summed E-state index contributed by atoms with van der Waals surface area (Å²) in [4.78, 5) is 0. The van der Waals surface area contributed by atoms with Crippen LogP contribution in [0.5, 0.6) is 0 Å². The van der Waals surface area contributed by atoms with Crippen LogP contribution in [0, 0.1) is 0 Å². The van der Waals surface area contributed by atoms with E-state index in [0.29, 0.717) is 0 Å². The smallest absolute Gasteiger partial charge is 0.0634 e. The fourth-order valence-corrected chi connectivity index (χ4v) is 10.9. The topological polar surface area (TPSA) is 9.86 Å². The number of thiophene rings is 2. The number of hydrogen-bond donors (Lipinski definition) is 0. The number of benzene rings is 8. The van der Waals surface area contributed by atoms with Crippen LogP contribution in [-0.4, -0.2) is 9.13 Å². The highest BCUT2D eigenvalue weighted by Gasteiger charge is 2.20. The van der Waals surface area contributed by atoms with Crippen LogP contribution in [0.2, 0.25) is 0 Å². The molecule has 0 fully saturated rings. The van der Waals surface area contributed by atoms with Gasteiger partial charge in [-0.15, -0.1) is 22.7 Å². The summed E-state index contributed by atoms with van der Waals surface area (Å²) in [7, 11) is 0. The molecule has 0 atom stereocenters. The van der Waals surface area contributed by atoms with E-state index in [0.717, 1.165) is 0 Å². The maximum atomic E-state index is 2.47. The van der Waals surface area contributed by atoms with Crippen LogP contribution in [0.4, 0.5) is 0 Å². The third-order valence-electron chi connectivity index (χ3n) is 10.9. The molecule has 0 radical (unpaired) electrons. The van der Waals surface area contributed by atoms with E-state index in [4.69, 9.17) is 0 Å². The van der Waals surface area contributed by atoms with Crippen LogP contribution >= 0.6 is 22.7 Å². The second-order valence-electron chi connectivity index (χ2n) is 13.7. The van der Waals surface area contributed by atoms with Gasteiger partial charge in [-0.1, -0.05) is 109 Å². The highest BCUT2D eigenvalue weighted by molar-refractivity contribution is 7.26. The van der Waals surface area contributed by atoms with Gasteiger partial charge in [0.25, 0.3) is 0 Å². The van der Waals surface area contributed by atoms with Crippen LogP contribution in [-0.2, 0) is 0 Å². The van der Waals surface area contributed by atoms with Gasteiger partial charge in [-0.3, -0.25) is 0 Å². The Labute approximate surface area is 306 Å². The molecule has 0 aliphatic rings. The Balaban J connectivity index is 1.01. The van der Waals surface area contributed by atoms with Gasteiger partial charge in [0.2, 0.25) is 0 Å². The molecule has 12 rings (SSSR count). The molecule has 0 amide bonds.